The molecule has 0 aliphatic rings. The Hall–Kier alpha value is -3.57. The van der Waals surface area contributed by atoms with Crippen LogP contribution in [-0.4, -0.2) is 37.8 Å². The number of aromatic nitrogens is 4. The number of nitro groups is 1. The van der Waals surface area contributed by atoms with Gasteiger partial charge in [0.1, 0.15) is 17.1 Å². The number of methoxy groups -OCH3 is 1. The van der Waals surface area contributed by atoms with Crippen molar-refractivity contribution in [3.63, 3.8) is 0 Å². The van der Waals surface area contributed by atoms with Crippen LogP contribution in [0.15, 0.2) is 42.7 Å². The Morgan fingerprint density at radius 1 is 1.31 bits per heavy atom. The second kappa shape index (κ2) is 7.45. The van der Waals surface area contributed by atoms with E-state index in [1.807, 2.05) is 0 Å². The number of nitro benzene ring substituents is 1. The lowest BCUT2D eigenvalue weighted by Crippen LogP contribution is -2.13. The number of halogens is 1. The molecule has 12 heteroatoms. The van der Waals surface area contributed by atoms with E-state index in [-0.39, 0.29) is 16.3 Å². The first-order valence-corrected chi connectivity index (χ1v) is 9.26. The first-order valence-electron chi connectivity index (χ1n) is 8.07. The minimum absolute atomic E-state index is 0.0273. The van der Waals surface area contributed by atoms with Gasteiger partial charge in [-0.15, -0.1) is 10.2 Å². The number of hydrogen-bond acceptors (Lipinski definition) is 8. The van der Waals surface area contributed by atoms with Gasteiger partial charge in [-0.2, -0.15) is 9.61 Å². The van der Waals surface area contributed by atoms with Crippen molar-refractivity contribution in [2.24, 2.45) is 0 Å². The number of hydrogen-bond donors (Lipinski definition) is 1. The molecule has 0 saturated heterocycles. The summed E-state index contributed by atoms with van der Waals surface area (Å²) >= 11 is 7.39. The van der Waals surface area contributed by atoms with Crippen LogP contribution in [-0.2, 0) is 0 Å². The third-order valence-corrected chi connectivity index (χ3v) is 5.26. The largest absolute Gasteiger partial charge is 0.495 e. The SMILES string of the molecule is COc1ccc(-c2nn3cnnc3s2)cc1NC(=O)c1ccc([N+](=O)[O-])cc1Cl. The topological polar surface area (TPSA) is 125 Å². The van der Waals surface area contributed by atoms with E-state index in [4.69, 9.17) is 16.3 Å². The number of nitrogens with one attached hydrogen (secondary N) is 1. The summed E-state index contributed by atoms with van der Waals surface area (Å²) in [4.78, 5) is 23.6. The number of anilines is 1. The van der Waals surface area contributed by atoms with Gasteiger partial charge in [-0.1, -0.05) is 22.9 Å². The average molecular weight is 431 g/mol. The highest BCUT2D eigenvalue weighted by atomic mass is 35.5. The molecule has 10 nitrogen and oxygen atoms in total. The lowest BCUT2D eigenvalue weighted by Gasteiger charge is -2.12. The van der Waals surface area contributed by atoms with E-state index in [2.05, 4.69) is 20.6 Å². The Morgan fingerprint density at radius 2 is 2.14 bits per heavy atom. The van der Waals surface area contributed by atoms with Gasteiger partial charge in [0.25, 0.3) is 11.6 Å². The van der Waals surface area contributed by atoms with Gasteiger partial charge in [0.15, 0.2) is 0 Å². The van der Waals surface area contributed by atoms with Crippen LogP contribution in [0.2, 0.25) is 5.02 Å². The van der Waals surface area contributed by atoms with Crippen molar-refractivity contribution in [2.45, 2.75) is 0 Å². The van der Waals surface area contributed by atoms with E-state index in [1.165, 1.54) is 36.9 Å². The second-order valence-corrected chi connectivity index (χ2v) is 7.12. The Labute approximate surface area is 171 Å². The third kappa shape index (κ3) is 3.60. The molecule has 0 bridgehead atoms. The van der Waals surface area contributed by atoms with Gasteiger partial charge in [-0.3, -0.25) is 14.9 Å². The van der Waals surface area contributed by atoms with Gasteiger partial charge in [0.05, 0.1) is 28.3 Å². The van der Waals surface area contributed by atoms with E-state index < -0.39 is 10.8 Å². The zero-order valence-corrected chi connectivity index (χ0v) is 16.3. The highest BCUT2D eigenvalue weighted by Gasteiger charge is 2.18. The van der Waals surface area contributed by atoms with E-state index in [1.54, 1.807) is 22.7 Å². The highest BCUT2D eigenvalue weighted by Crippen LogP contribution is 2.33. The summed E-state index contributed by atoms with van der Waals surface area (Å²) < 4.78 is 6.87. The van der Waals surface area contributed by atoms with Crippen LogP contribution in [0.3, 0.4) is 0 Å². The van der Waals surface area contributed by atoms with Gasteiger partial charge in [-0.05, 0) is 24.3 Å². The maximum atomic E-state index is 12.7. The first-order chi connectivity index (χ1) is 14.0. The zero-order valence-electron chi connectivity index (χ0n) is 14.7. The Morgan fingerprint density at radius 3 is 2.83 bits per heavy atom. The minimum atomic E-state index is -0.583. The quantitative estimate of drug-likeness (QED) is 0.378. The van der Waals surface area contributed by atoms with Gasteiger partial charge in [0.2, 0.25) is 4.96 Å². The van der Waals surface area contributed by atoms with E-state index in [0.29, 0.717) is 21.4 Å². The van der Waals surface area contributed by atoms with Gasteiger partial charge in [-0.25, -0.2) is 0 Å². The summed E-state index contributed by atoms with van der Waals surface area (Å²) in [6.45, 7) is 0. The number of ether oxygens (including phenoxy) is 1. The summed E-state index contributed by atoms with van der Waals surface area (Å²) in [7, 11) is 1.48. The molecule has 2 aromatic heterocycles. The number of fused-ring (bicyclic) bond motifs is 1. The van der Waals surface area contributed by atoms with Crippen molar-refractivity contribution >= 4 is 45.2 Å². The maximum absolute atomic E-state index is 12.7. The predicted octanol–water partition coefficient (Wildman–Crippen LogP) is 3.68. The van der Waals surface area contributed by atoms with Gasteiger partial charge >= 0.3 is 0 Å². The molecule has 2 aromatic carbocycles. The molecule has 0 aliphatic heterocycles. The molecule has 0 saturated carbocycles. The molecule has 0 radical (unpaired) electrons. The Bertz CT molecular complexity index is 1230. The Balaban J connectivity index is 1.66. The maximum Gasteiger partial charge on any atom is 0.270 e. The Kier molecular flexibility index (Phi) is 4.82. The summed E-state index contributed by atoms with van der Waals surface area (Å²) in [6, 6.07) is 8.86. The number of nitrogens with zero attached hydrogens (tertiary/aromatic N) is 5. The molecule has 1 amide bonds. The molecule has 4 rings (SSSR count). The fourth-order valence-corrected chi connectivity index (χ4v) is 3.68. The van der Waals surface area contributed by atoms with Crippen LogP contribution in [0.25, 0.3) is 15.5 Å². The molecular formula is C17H11ClN6O4S. The standard InChI is InChI=1S/C17H11ClN6O4S/c1-28-14-5-2-9(16-22-23-8-19-21-17(23)29-16)6-13(14)20-15(25)11-4-3-10(24(26)27)7-12(11)18/h2-8H,1H3,(H,20,25). The van der Waals surface area contributed by atoms with E-state index in [0.717, 1.165) is 11.6 Å². The van der Waals surface area contributed by atoms with Crippen LogP contribution in [0.5, 0.6) is 5.75 Å². The van der Waals surface area contributed by atoms with Crippen molar-refractivity contribution in [3.05, 3.63) is 63.4 Å². The van der Waals surface area contributed by atoms with Crippen LogP contribution in [0.1, 0.15) is 10.4 Å². The van der Waals surface area contributed by atoms with Crippen LogP contribution in [0.4, 0.5) is 11.4 Å². The number of rotatable bonds is 5. The lowest BCUT2D eigenvalue weighted by molar-refractivity contribution is -0.384. The number of amides is 1. The fourth-order valence-electron chi connectivity index (χ4n) is 2.61. The van der Waals surface area contributed by atoms with Crippen molar-refractivity contribution in [3.8, 4) is 16.3 Å². The highest BCUT2D eigenvalue weighted by molar-refractivity contribution is 7.19. The number of carbonyl (C=O) groups is 1. The fraction of sp³-hybridized carbons (Fsp3) is 0.0588. The summed E-state index contributed by atoms with van der Waals surface area (Å²) in [5, 5.41) is 26.3. The predicted molar refractivity (Wildman–Crippen MR) is 107 cm³/mol. The normalized spacial score (nSPS) is 10.8. The van der Waals surface area contributed by atoms with Gasteiger partial charge < -0.3 is 10.1 Å². The summed E-state index contributed by atoms with van der Waals surface area (Å²) in [6.07, 6.45) is 1.50. The number of benzene rings is 2. The van der Waals surface area contributed by atoms with Crippen molar-refractivity contribution in [1.29, 1.82) is 0 Å². The molecular weight excluding hydrogens is 420 g/mol. The minimum Gasteiger partial charge on any atom is -0.495 e. The van der Waals surface area contributed by atoms with Crippen LogP contribution < -0.4 is 10.1 Å². The lowest BCUT2D eigenvalue weighted by atomic mass is 10.1. The molecule has 0 fully saturated rings. The molecule has 146 valence electrons. The van der Waals surface area contributed by atoms with Gasteiger partial charge in [0, 0.05) is 17.7 Å². The van der Waals surface area contributed by atoms with E-state index in [9.17, 15) is 14.9 Å². The monoisotopic (exact) mass is 430 g/mol. The first kappa shape index (κ1) is 18.8. The number of carbonyl (C=O) groups excluding carboxylic acids is 1. The molecule has 0 unspecified atom stereocenters. The summed E-state index contributed by atoms with van der Waals surface area (Å²) in [5.41, 5.74) is 1.04. The van der Waals surface area contributed by atoms with Crippen molar-refractivity contribution in [2.75, 3.05) is 12.4 Å². The molecule has 2 heterocycles. The van der Waals surface area contributed by atoms with Crippen LogP contribution >= 0.6 is 22.9 Å². The van der Waals surface area contributed by atoms with Crippen molar-refractivity contribution < 1.29 is 14.5 Å². The van der Waals surface area contributed by atoms with Crippen LogP contribution in [0, 0.1) is 10.1 Å². The molecule has 29 heavy (non-hydrogen) atoms. The third-order valence-electron chi connectivity index (χ3n) is 3.99. The number of non-ortho nitro benzene ring substituents is 1. The molecule has 0 spiro atoms. The molecule has 4 aromatic rings. The summed E-state index contributed by atoms with van der Waals surface area (Å²) in [5.74, 6) is -0.0957. The smallest absolute Gasteiger partial charge is 0.270 e. The zero-order chi connectivity index (χ0) is 20.5. The molecule has 1 N–H and O–H groups in total. The molecule has 0 aliphatic carbocycles. The molecule has 0 atom stereocenters. The average Bonchev–Trinajstić information content (AvgIpc) is 3.30. The second-order valence-electron chi connectivity index (χ2n) is 5.76. The van der Waals surface area contributed by atoms with Crippen molar-refractivity contribution in [1.82, 2.24) is 19.8 Å². The van der Waals surface area contributed by atoms with E-state index >= 15 is 0 Å².